The van der Waals surface area contributed by atoms with E-state index in [-0.39, 0.29) is 56.7 Å². The van der Waals surface area contributed by atoms with Crippen molar-refractivity contribution in [3.05, 3.63) is 53.1 Å². The summed E-state index contributed by atoms with van der Waals surface area (Å²) in [7, 11) is -2.90. The van der Waals surface area contributed by atoms with E-state index in [2.05, 4.69) is 64.4 Å². The zero-order valence-electron chi connectivity index (χ0n) is 33.8. The molecule has 3 N–H and O–H groups in total. The van der Waals surface area contributed by atoms with E-state index in [0.717, 1.165) is 69.9 Å². The number of sulfone groups is 1. The minimum absolute atomic E-state index is 0.0997. The van der Waals surface area contributed by atoms with Gasteiger partial charge in [0.2, 0.25) is 5.91 Å². The van der Waals surface area contributed by atoms with Crippen molar-refractivity contribution in [1.82, 2.24) is 10.2 Å². The Morgan fingerprint density at radius 3 is 2.33 bits per heavy atom. The highest BCUT2D eigenvalue weighted by atomic mass is 32.2. The van der Waals surface area contributed by atoms with Gasteiger partial charge in [0, 0.05) is 19.6 Å². The number of aliphatic hydroxyl groups excluding tert-OH is 1. The standard InChI is InChI=1S/C45H66N2O6S/c1-29(2)32-13-18-45(40(51)46-21-8-22-47-23-25-54(52,53)26-24-47)20-19-43(6)35(38(32)45)11-12-37-42(5)16-14-34(41(3,4)36(42)15-17-44(37,43)7)30-9-10-31(28-48)33(27-30)39(49)50/h9-10,14,27,32,35-38,48H,1,8,11-13,15-26,28H2,2-7H3,(H,46,51)(H,49,50). The molecule has 298 valence electrons. The summed E-state index contributed by atoms with van der Waals surface area (Å²) < 4.78 is 23.8. The number of aromatic carboxylic acids is 1. The van der Waals surface area contributed by atoms with Crippen LogP contribution in [0.3, 0.4) is 0 Å². The van der Waals surface area contributed by atoms with Crippen LogP contribution < -0.4 is 5.32 Å². The molecule has 9 atom stereocenters. The fourth-order valence-corrected chi connectivity index (χ4v) is 15.6. The molecule has 9 unspecified atom stereocenters. The molecular weight excluding hydrogens is 697 g/mol. The molecule has 0 radical (unpaired) electrons. The van der Waals surface area contributed by atoms with Crippen LogP contribution in [0.25, 0.3) is 5.57 Å². The van der Waals surface area contributed by atoms with Gasteiger partial charge in [0.15, 0.2) is 9.84 Å². The van der Waals surface area contributed by atoms with Gasteiger partial charge in [0.1, 0.15) is 0 Å². The molecule has 7 rings (SSSR count). The van der Waals surface area contributed by atoms with Gasteiger partial charge in [0.25, 0.3) is 0 Å². The number of carboxylic acid groups (broad SMARTS) is 1. The summed E-state index contributed by atoms with van der Waals surface area (Å²) in [5.74, 6) is 1.81. The summed E-state index contributed by atoms with van der Waals surface area (Å²) >= 11 is 0. The summed E-state index contributed by atoms with van der Waals surface area (Å²) in [5.41, 5.74) is 3.88. The number of hydrogen-bond acceptors (Lipinski definition) is 6. The molecule has 6 aliphatic rings. The van der Waals surface area contributed by atoms with Gasteiger partial charge in [-0.15, -0.1) is 0 Å². The van der Waals surface area contributed by atoms with Gasteiger partial charge < -0.3 is 20.4 Å². The summed E-state index contributed by atoms with van der Waals surface area (Å²) in [4.78, 5) is 28.9. The van der Waals surface area contributed by atoms with E-state index in [9.17, 15) is 28.2 Å². The molecule has 1 aromatic carbocycles. The summed E-state index contributed by atoms with van der Waals surface area (Å²) in [6.07, 6.45) is 12.8. The summed E-state index contributed by atoms with van der Waals surface area (Å²) in [5, 5.41) is 23.2. The molecule has 1 saturated heterocycles. The SMILES string of the molecule is C=C(C)C1CCC2(C(=O)NCCCN3CCS(=O)(=O)CC3)CCC3(C)C(CCC4C5(C)CC=C(c6ccc(CO)c(C(=O)O)c6)C(C)(C)C5CCC43C)C12. The summed E-state index contributed by atoms with van der Waals surface area (Å²) in [6, 6.07) is 5.55. The molecule has 1 aromatic rings. The second-order valence-corrected chi connectivity index (χ2v) is 22.1. The van der Waals surface area contributed by atoms with Gasteiger partial charge in [-0.05, 0) is 152 Å². The van der Waals surface area contributed by atoms with Gasteiger partial charge in [-0.1, -0.05) is 65.0 Å². The number of benzene rings is 1. The van der Waals surface area contributed by atoms with Crippen LogP contribution in [0.4, 0.5) is 0 Å². The van der Waals surface area contributed by atoms with Crippen LogP contribution in [-0.2, 0) is 21.2 Å². The number of carboxylic acids is 1. The van der Waals surface area contributed by atoms with Crippen molar-refractivity contribution in [2.24, 2.45) is 56.7 Å². The topological polar surface area (TPSA) is 124 Å². The monoisotopic (exact) mass is 762 g/mol. The summed E-state index contributed by atoms with van der Waals surface area (Å²) in [6.45, 7) is 21.6. The Morgan fingerprint density at radius 1 is 0.944 bits per heavy atom. The number of hydrogen-bond donors (Lipinski definition) is 3. The molecule has 54 heavy (non-hydrogen) atoms. The van der Waals surface area contributed by atoms with Crippen molar-refractivity contribution < 1.29 is 28.2 Å². The van der Waals surface area contributed by atoms with E-state index in [0.29, 0.717) is 54.8 Å². The lowest BCUT2D eigenvalue weighted by Gasteiger charge is -2.72. The predicted molar refractivity (Wildman–Crippen MR) is 214 cm³/mol. The first kappa shape index (κ1) is 39.7. The third-order valence-electron chi connectivity index (χ3n) is 17.3. The molecule has 8 nitrogen and oxygen atoms in total. The molecule has 5 aliphatic carbocycles. The average Bonchev–Trinajstić information content (AvgIpc) is 3.52. The highest BCUT2D eigenvalue weighted by molar-refractivity contribution is 7.91. The van der Waals surface area contributed by atoms with Crippen LogP contribution in [0, 0.1) is 56.7 Å². The molecular formula is C45H66N2O6S. The third-order valence-corrected chi connectivity index (χ3v) is 18.9. The highest BCUT2D eigenvalue weighted by Gasteiger charge is 2.71. The van der Waals surface area contributed by atoms with Crippen LogP contribution in [0.2, 0.25) is 0 Å². The van der Waals surface area contributed by atoms with Gasteiger partial charge in [-0.25, -0.2) is 13.2 Å². The van der Waals surface area contributed by atoms with Crippen molar-refractivity contribution >= 4 is 27.3 Å². The number of carbonyl (C=O) groups excluding carboxylic acids is 1. The zero-order valence-corrected chi connectivity index (χ0v) is 34.6. The van der Waals surface area contributed by atoms with Gasteiger partial charge in [0.05, 0.1) is 29.1 Å². The second-order valence-electron chi connectivity index (χ2n) is 19.8. The lowest BCUT2D eigenvalue weighted by atomic mass is 9.32. The lowest BCUT2D eigenvalue weighted by molar-refractivity contribution is -0.225. The molecule has 9 heteroatoms. The van der Waals surface area contributed by atoms with E-state index in [1.54, 1.807) is 12.1 Å². The Balaban J connectivity index is 1.13. The number of fused-ring (bicyclic) bond motifs is 7. The van der Waals surface area contributed by atoms with Crippen LogP contribution in [0.15, 0.2) is 36.4 Å². The number of amides is 1. The van der Waals surface area contributed by atoms with Crippen LogP contribution in [0.5, 0.6) is 0 Å². The second kappa shape index (κ2) is 13.9. The molecule has 0 spiro atoms. The third kappa shape index (κ3) is 6.07. The number of nitrogens with one attached hydrogen (secondary N) is 1. The smallest absolute Gasteiger partial charge is 0.336 e. The van der Waals surface area contributed by atoms with Crippen LogP contribution in [0.1, 0.15) is 127 Å². The van der Waals surface area contributed by atoms with Crippen molar-refractivity contribution in [3.8, 4) is 0 Å². The number of aliphatic hydroxyl groups is 1. The van der Waals surface area contributed by atoms with E-state index in [4.69, 9.17) is 0 Å². The minimum atomic E-state index is -2.90. The quantitative estimate of drug-likeness (QED) is 0.174. The van der Waals surface area contributed by atoms with Crippen molar-refractivity contribution in [3.63, 3.8) is 0 Å². The minimum Gasteiger partial charge on any atom is -0.478 e. The number of allylic oxidation sites excluding steroid dienone is 3. The van der Waals surface area contributed by atoms with Gasteiger partial charge >= 0.3 is 5.97 Å². The number of carbonyl (C=O) groups is 2. The molecule has 0 aromatic heterocycles. The maximum Gasteiger partial charge on any atom is 0.336 e. The van der Waals surface area contributed by atoms with Gasteiger partial charge in [-0.2, -0.15) is 0 Å². The van der Waals surface area contributed by atoms with E-state index >= 15 is 0 Å². The fourth-order valence-electron chi connectivity index (χ4n) is 14.4. The van der Waals surface area contributed by atoms with E-state index < -0.39 is 15.8 Å². The average molecular weight is 763 g/mol. The first-order chi connectivity index (χ1) is 25.3. The fraction of sp³-hybridized carbons (Fsp3) is 0.733. The molecule has 5 fully saturated rings. The predicted octanol–water partition coefficient (Wildman–Crippen LogP) is 7.76. The highest BCUT2D eigenvalue weighted by Crippen LogP contribution is 2.77. The van der Waals surface area contributed by atoms with E-state index in [1.165, 1.54) is 17.6 Å². The van der Waals surface area contributed by atoms with Crippen molar-refractivity contribution in [1.29, 1.82) is 0 Å². The van der Waals surface area contributed by atoms with E-state index in [1.807, 2.05) is 6.07 Å². The maximum absolute atomic E-state index is 14.5. The molecule has 4 saturated carbocycles. The molecule has 1 aliphatic heterocycles. The van der Waals surface area contributed by atoms with Crippen LogP contribution >= 0.6 is 0 Å². The van der Waals surface area contributed by atoms with Gasteiger partial charge in [-0.3, -0.25) is 4.79 Å². The maximum atomic E-state index is 14.5. The first-order valence-electron chi connectivity index (χ1n) is 20.9. The Hall–Kier alpha value is -2.49. The Labute approximate surface area is 324 Å². The zero-order chi connectivity index (χ0) is 39.1. The normalized spacial score (nSPS) is 39.6. The number of nitrogens with zero attached hydrogens (tertiary/aromatic N) is 1. The van der Waals surface area contributed by atoms with Crippen molar-refractivity contribution in [2.75, 3.05) is 37.7 Å². The number of rotatable bonds is 9. The lowest BCUT2D eigenvalue weighted by Crippen LogP contribution is -2.66. The Morgan fingerprint density at radius 2 is 1.67 bits per heavy atom. The molecule has 1 amide bonds. The van der Waals surface area contributed by atoms with Crippen molar-refractivity contribution in [2.45, 2.75) is 112 Å². The first-order valence-corrected chi connectivity index (χ1v) is 22.7. The van der Waals surface area contributed by atoms with Crippen LogP contribution in [-0.4, -0.2) is 73.1 Å². The molecule has 0 bridgehead atoms. The molecule has 1 heterocycles. The largest absolute Gasteiger partial charge is 0.478 e. The Bertz CT molecular complexity index is 1820. The Kier molecular flexibility index (Phi) is 10.2.